The Morgan fingerprint density at radius 3 is 2.31 bits per heavy atom. The molecule has 1 amide bonds. The smallest absolute Gasteiger partial charge is 0.290 e. The van der Waals surface area contributed by atoms with Crippen LogP contribution in [-0.4, -0.2) is 42.1 Å². The van der Waals surface area contributed by atoms with Crippen LogP contribution in [0.3, 0.4) is 0 Å². The van der Waals surface area contributed by atoms with Gasteiger partial charge in [-0.05, 0) is 74.7 Å². The second-order valence-corrected chi connectivity index (χ2v) is 10.0. The molecule has 32 heavy (non-hydrogen) atoms. The molecule has 172 valence electrons. The second-order valence-electron chi connectivity index (χ2n) is 9.61. The Kier molecular flexibility index (Phi) is 6.62. The number of likely N-dealkylation sites (tertiary alicyclic amines) is 1. The van der Waals surface area contributed by atoms with E-state index >= 15 is 0 Å². The minimum Gasteiger partial charge on any atom is -0.490 e. The summed E-state index contributed by atoms with van der Waals surface area (Å²) in [6.45, 7) is 1.31. The van der Waals surface area contributed by atoms with E-state index in [9.17, 15) is 14.4 Å². The van der Waals surface area contributed by atoms with Crippen LogP contribution in [0, 0.1) is 46.2 Å². The van der Waals surface area contributed by atoms with Crippen LogP contribution >= 0.6 is 11.6 Å². The third kappa shape index (κ3) is 4.05. The van der Waals surface area contributed by atoms with Crippen LogP contribution in [0.15, 0.2) is 12.1 Å². The molecular formula is C24H28ClFN2O4. The number of ether oxygens (including phenoxy) is 1. The number of nitriles is 1. The molecule has 5 aliphatic rings. The van der Waals surface area contributed by atoms with Crippen LogP contribution in [0.4, 0.5) is 4.39 Å². The van der Waals surface area contributed by atoms with Gasteiger partial charge in [-0.15, -0.1) is 0 Å². The zero-order chi connectivity index (χ0) is 22.9. The number of benzene rings is 1. The summed E-state index contributed by atoms with van der Waals surface area (Å²) in [5, 5.41) is 17.2. The largest absolute Gasteiger partial charge is 0.490 e. The Labute approximate surface area is 192 Å². The molecule has 1 aromatic rings. The maximum atomic E-state index is 14.7. The molecule has 0 aromatic heterocycles. The molecule has 0 spiro atoms. The Bertz CT molecular complexity index is 897. The van der Waals surface area contributed by atoms with Gasteiger partial charge in [0.15, 0.2) is 0 Å². The standard InChI is InChI=1S/C23H26ClFN2O2.CH2O2/c24-19-10-18(22(28)27-3-1-2-4-27)20(25)11-21(19)29-13-23(12-26)16-6-14-5-15(8-16)9-17(23)7-14;2-1-3/h10-11,14-17H,1-9,13H2;1H,(H,2,3). The van der Waals surface area contributed by atoms with Gasteiger partial charge >= 0.3 is 0 Å². The van der Waals surface area contributed by atoms with E-state index in [0.717, 1.165) is 50.4 Å². The summed E-state index contributed by atoms with van der Waals surface area (Å²) in [7, 11) is 0. The lowest BCUT2D eigenvalue weighted by atomic mass is 9.46. The van der Waals surface area contributed by atoms with Gasteiger partial charge in [0.2, 0.25) is 0 Å². The lowest BCUT2D eigenvalue weighted by Gasteiger charge is -2.58. The number of hydrogen-bond acceptors (Lipinski definition) is 4. The van der Waals surface area contributed by atoms with Crippen molar-refractivity contribution in [3.8, 4) is 11.8 Å². The average molecular weight is 463 g/mol. The molecule has 0 unspecified atom stereocenters. The molecular weight excluding hydrogens is 435 g/mol. The van der Waals surface area contributed by atoms with Crippen molar-refractivity contribution >= 4 is 24.0 Å². The number of carbonyl (C=O) groups is 2. The van der Waals surface area contributed by atoms with Gasteiger partial charge in [-0.3, -0.25) is 9.59 Å². The summed E-state index contributed by atoms with van der Waals surface area (Å²) in [6, 6.07) is 5.20. The maximum Gasteiger partial charge on any atom is 0.290 e. The van der Waals surface area contributed by atoms with Crippen molar-refractivity contribution in [2.45, 2.75) is 44.9 Å². The zero-order valence-corrected chi connectivity index (χ0v) is 18.7. The maximum absolute atomic E-state index is 14.7. The van der Waals surface area contributed by atoms with Crippen molar-refractivity contribution in [3.63, 3.8) is 0 Å². The lowest BCUT2D eigenvalue weighted by molar-refractivity contribution is -0.122. The summed E-state index contributed by atoms with van der Waals surface area (Å²) in [5.74, 6) is 1.55. The Morgan fingerprint density at radius 1 is 1.22 bits per heavy atom. The van der Waals surface area contributed by atoms with E-state index in [1.54, 1.807) is 4.90 Å². The van der Waals surface area contributed by atoms with E-state index in [0.29, 0.717) is 24.9 Å². The van der Waals surface area contributed by atoms with E-state index in [4.69, 9.17) is 26.2 Å². The number of nitrogens with zero attached hydrogens (tertiary/aromatic N) is 2. The van der Waals surface area contributed by atoms with Crippen LogP contribution < -0.4 is 4.74 Å². The molecule has 8 heteroatoms. The van der Waals surface area contributed by atoms with Gasteiger partial charge in [-0.25, -0.2) is 4.39 Å². The normalized spacial score (nSPS) is 32.1. The lowest BCUT2D eigenvalue weighted by Crippen LogP contribution is -2.54. The number of rotatable bonds is 4. The van der Waals surface area contributed by atoms with E-state index < -0.39 is 11.2 Å². The van der Waals surface area contributed by atoms with Crippen molar-refractivity contribution in [2.24, 2.45) is 29.1 Å². The molecule has 5 fully saturated rings. The fourth-order valence-corrected chi connectivity index (χ4v) is 6.78. The summed E-state index contributed by atoms with van der Waals surface area (Å²) in [5.41, 5.74) is -0.508. The topological polar surface area (TPSA) is 90.6 Å². The molecule has 1 aromatic carbocycles. The number of amides is 1. The first kappa shape index (κ1) is 22.8. The first-order valence-corrected chi connectivity index (χ1v) is 11.7. The van der Waals surface area contributed by atoms with E-state index in [-0.39, 0.29) is 35.3 Å². The quantitative estimate of drug-likeness (QED) is 0.651. The molecule has 4 bridgehead atoms. The van der Waals surface area contributed by atoms with Crippen molar-refractivity contribution < 1.29 is 23.8 Å². The summed E-state index contributed by atoms with van der Waals surface area (Å²) in [6.07, 6.45) is 7.64. The van der Waals surface area contributed by atoms with Crippen LogP contribution in [0.1, 0.15) is 55.3 Å². The van der Waals surface area contributed by atoms with Gasteiger partial charge in [0.1, 0.15) is 18.2 Å². The minimum absolute atomic E-state index is 0.00568. The highest BCUT2D eigenvalue weighted by molar-refractivity contribution is 6.32. The van der Waals surface area contributed by atoms with E-state index in [1.807, 2.05) is 0 Å². The Hall–Kier alpha value is -2.33. The van der Waals surface area contributed by atoms with E-state index in [2.05, 4.69) is 6.07 Å². The Balaban J connectivity index is 0.000000775. The Morgan fingerprint density at radius 2 is 1.78 bits per heavy atom. The molecule has 1 heterocycles. The van der Waals surface area contributed by atoms with Crippen LogP contribution in [0.2, 0.25) is 5.02 Å². The van der Waals surface area contributed by atoms with Crippen LogP contribution in [0.5, 0.6) is 5.75 Å². The van der Waals surface area contributed by atoms with Crippen molar-refractivity contribution in [1.82, 2.24) is 4.90 Å². The van der Waals surface area contributed by atoms with Crippen LogP contribution in [-0.2, 0) is 4.79 Å². The fourth-order valence-electron chi connectivity index (χ4n) is 6.57. The zero-order valence-electron chi connectivity index (χ0n) is 17.9. The molecule has 0 radical (unpaired) electrons. The summed E-state index contributed by atoms with van der Waals surface area (Å²) >= 11 is 6.36. The first-order valence-electron chi connectivity index (χ1n) is 11.3. The number of hydrogen-bond donors (Lipinski definition) is 1. The molecule has 4 saturated carbocycles. The van der Waals surface area contributed by atoms with Crippen molar-refractivity contribution in [3.05, 3.63) is 28.5 Å². The summed E-state index contributed by atoms with van der Waals surface area (Å²) < 4.78 is 20.7. The third-order valence-electron chi connectivity index (χ3n) is 7.91. The second kappa shape index (κ2) is 9.27. The summed E-state index contributed by atoms with van der Waals surface area (Å²) in [4.78, 5) is 22.6. The molecule has 6 nitrogen and oxygen atoms in total. The third-order valence-corrected chi connectivity index (χ3v) is 8.21. The van der Waals surface area contributed by atoms with Gasteiger partial charge in [0.05, 0.1) is 22.1 Å². The minimum atomic E-state index is -0.614. The molecule has 6 rings (SSSR count). The van der Waals surface area contributed by atoms with Gasteiger partial charge in [-0.1, -0.05) is 11.6 Å². The highest BCUT2D eigenvalue weighted by Gasteiger charge is 2.58. The monoisotopic (exact) mass is 462 g/mol. The molecule has 4 aliphatic carbocycles. The van der Waals surface area contributed by atoms with Crippen molar-refractivity contribution in [2.75, 3.05) is 19.7 Å². The number of carboxylic acid groups (broad SMARTS) is 1. The molecule has 0 atom stereocenters. The molecule has 1 saturated heterocycles. The molecule has 1 N–H and O–H groups in total. The van der Waals surface area contributed by atoms with Gasteiger partial charge in [-0.2, -0.15) is 5.26 Å². The molecule has 1 aliphatic heterocycles. The fraction of sp³-hybridized carbons (Fsp3) is 0.625. The highest BCUT2D eigenvalue weighted by atomic mass is 35.5. The van der Waals surface area contributed by atoms with Gasteiger partial charge in [0, 0.05) is 19.2 Å². The SMILES string of the molecule is N#CC1(COc2cc(F)c(C(=O)N3CCCC3)cc2Cl)C2CC3CC(C2)CC1C3.O=CO. The number of carbonyl (C=O) groups excluding carboxylic acids is 1. The predicted molar refractivity (Wildman–Crippen MR) is 116 cm³/mol. The van der Waals surface area contributed by atoms with Gasteiger partial charge < -0.3 is 14.7 Å². The first-order chi connectivity index (χ1) is 15.4. The average Bonchev–Trinajstić information content (AvgIpc) is 3.30. The van der Waals surface area contributed by atoms with E-state index in [1.165, 1.54) is 18.6 Å². The van der Waals surface area contributed by atoms with Crippen LogP contribution in [0.25, 0.3) is 0 Å². The highest BCUT2D eigenvalue weighted by Crippen LogP contribution is 2.62. The predicted octanol–water partition coefficient (Wildman–Crippen LogP) is 4.76. The number of halogens is 2. The van der Waals surface area contributed by atoms with Gasteiger partial charge in [0.25, 0.3) is 12.4 Å². The van der Waals surface area contributed by atoms with Crippen molar-refractivity contribution in [1.29, 1.82) is 5.26 Å².